The lowest BCUT2D eigenvalue weighted by Crippen LogP contribution is -2.29. The van der Waals surface area contributed by atoms with Crippen LogP contribution in [0.25, 0.3) is 16.8 Å². The first-order valence-corrected chi connectivity index (χ1v) is 19.2. The highest BCUT2D eigenvalue weighted by atomic mass is 35.5. The van der Waals surface area contributed by atoms with Gasteiger partial charge in [0.25, 0.3) is 0 Å². The van der Waals surface area contributed by atoms with Crippen LogP contribution in [0.4, 0.5) is 0 Å². The molecule has 3 heterocycles. The number of ether oxygens (including phenoxy) is 3. The largest absolute Gasteiger partial charge is 0.497 e. The van der Waals surface area contributed by atoms with E-state index < -0.39 is 16.1 Å². The number of amides is 1. The lowest BCUT2D eigenvalue weighted by Gasteiger charge is -2.14. The number of fused-ring (bicyclic) bond motifs is 3. The zero-order chi connectivity index (χ0) is 38.4. The number of hydrogen-bond donors (Lipinski definition) is 2. The normalized spacial score (nSPS) is 13.9. The van der Waals surface area contributed by atoms with Gasteiger partial charge in [0.15, 0.2) is 5.82 Å². The highest BCUT2D eigenvalue weighted by Crippen LogP contribution is 2.35. The summed E-state index contributed by atoms with van der Waals surface area (Å²) < 4.78 is 52.7. The van der Waals surface area contributed by atoms with Crippen molar-refractivity contribution in [1.29, 1.82) is 0 Å². The Morgan fingerprint density at radius 3 is 2.33 bits per heavy atom. The molecule has 2 aromatic heterocycles. The van der Waals surface area contributed by atoms with Crippen molar-refractivity contribution in [2.75, 3.05) is 46.6 Å². The molecule has 1 amide bonds. The molecule has 0 bridgehead atoms. The van der Waals surface area contributed by atoms with E-state index in [0.29, 0.717) is 45.2 Å². The summed E-state index contributed by atoms with van der Waals surface area (Å²) in [6.45, 7) is 8.50. The molecule has 2 N–H and O–H groups in total. The molecule has 1 atom stereocenters. The number of nitrogens with one attached hydrogen (secondary N) is 2. The Labute approximate surface area is 318 Å². The Hall–Kier alpha value is -4.93. The maximum atomic E-state index is 13.2. The molecular formula is C38H42ClN7O7S. The summed E-state index contributed by atoms with van der Waals surface area (Å²) in [4.78, 5) is 18.5. The van der Waals surface area contributed by atoms with Crippen molar-refractivity contribution in [1.82, 2.24) is 30.0 Å². The zero-order valence-electron chi connectivity index (χ0n) is 30.7. The molecule has 1 aliphatic heterocycles. The summed E-state index contributed by atoms with van der Waals surface area (Å²) in [5.41, 5.74) is 5.95. The molecule has 16 heteroatoms. The average Bonchev–Trinajstić information content (AvgIpc) is 3.67. The van der Waals surface area contributed by atoms with E-state index in [2.05, 4.69) is 25.4 Å². The second-order valence-corrected chi connectivity index (χ2v) is 14.9. The van der Waals surface area contributed by atoms with Crippen LogP contribution in [0.1, 0.15) is 52.3 Å². The third kappa shape index (κ3) is 8.71. The molecule has 0 fully saturated rings. The minimum atomic E-state index is -3.79. The van der Waals surface area contributed by atoms with Gasteiger partial charge >= 0.3 is 0 Å². The molecule has 5 aromatic rings. The molecule has 1 unspecified atom stereocenters. The van der Waals surface area contributed by atoms with Crippen LogP contribution in [0.3, 0.4) is 0 Å². The van der Waals surface area contributed by atoms with Crippen molar-refractivity contribution < 1.29 is 31.9 Å². The van der Waals surface area contributed by atoms with Crippen LogP contribution in [-0.4, -0.2) is 86.6 Å². The van der Waals surface area contributed by atoms with E-state index in [1.54, 1.807) is 45.2 Å². The fraction of sp³-hybridized carbons (Fsp3) is 0.342. The van der Waals surface area contributed by atoms with Gasteiger partial charge in [-0.3, -0.25) is 14.4 Å². The molecule has 3 aromatic carbocycles. The molecule has 284 valence electrons. The topological polar surface area (TPSA) is 172 Å². The monoisotopic (exact) mass is 775 g/mol. The van der Waals surface area contributed by atoms with Crippen molar-refractivity contribution in [2.24, 2.45) is 4.99 Å². The smallest absolute Gasteiger partial charge is 0.240 e. The summed E-state index contributed by atoms with van der Waals surface area (Å²) in [5, 5.41) is 16.2. The maximum Gasteiger partial charge on any atom is 0.240 e. The van der Waals surface area contributed by atoms with E-state index >= 15 is 0 Å². The second-order valence-electron chi connectivity index (χ2n) is 12.7. The SMILES string of the molecule is COc1ccc2c(c1)C(c1ccc(Cl)cc1)=NC(CC(=O)NCCOCCOCCNS(=O)(=O)c1cc(-c3c(C)noc3C)ccc1C)c1nnc(C)n1-2. The summed E-state index contributed by atoms with van der Waals surface area (Å²) in [7, 11) is -2.18. The van der Waals surface area contributed by atoms with Gasteiger partial charge in [-0.05, 0) is 75.2 Å². The minimum Gasteiger partial charge on any atom is -0.497 e. The summed E-state index contributed by atoms with van der Waals surface area (Å²) in [6, 6.07) is 17.7. The highest BCUT2D eigenvalue weighted by Gasteiger charge is 2.30. The third-order valence-electron chi connectivity index (χ3n) is 8.91. The van der Waals surface area contributed by atoms with E-state index in [9.17, 15) is 13.2 Å². The Morgan fingerprint density at radius 1 is 0.907 bits per heavy atom. The van der Waals surface area contributed by atoms with Gasteiger partial charge in [-0.15, -0.1) is 10.2 Å². The van der Waals surface area contributed by atoms with Crippen LogP contribution in [0, 0.1) is 27.7 Å². The molecule has 0 spiro atoms. The fourth-order valence-electron chi connectivity index (χ4n) is 6.28. The second kappa shape index (κ2) is 17.0. The number of nitrogens with zero attached hydrogens (tertiary/aromatic N) is 5. The first-order valence-electron chi connectivity index (χ1n) is 17.4. The number of rotatable bonds is 16. The van der Waals surface area contributed by atoms with Crippen molar-refractivity contribution in [3.8, 4) is 22.6 Å². The molecule has 14 nitrogen and oxygen atoms in total. The summed E-state index contributed by atoms with van der Waals surface area (Å²) in [5.74, 6) is 2.27. The Bertz CT molecular complexity index is 2250. The third-order valence-corrected chi connectivity index (χ3v) is 10.8. The van der Waals surface area contributed by atoms with Gasteiger partial charge in [-0.1, -0.05) is 41.0 Å². The number of aliphatic imine (C=N–C) groups is 1. The lowest BCUT2D eigenvalue weighted by molar-refractivity contribution is -0.121. The van der Waals surface area contributed by atoms with Crippen molar-refractivity contribution in [3.05, 3.63) is 105 Å². The highest BCUT2D eigenvalue weighted by molar-refractivity contribution is 7.89. The number of halogens is 1. The molecule has 6 rings (SSSR count). The molecular weight excluding hydrogens is 734 g/mol. The van der Waals surface area contributed by atoms with Gasteiger partial charge < -0.3 is 24.1 Å². The first kappa shape index (κ1) is 38.8. The number of methoxy groups -OCH3 is 1. The van der Waals surface area contributed by atoms with Crippen LogP contribution in [0.2, 0.25) is 5.02 Å². The predicted octanol–water partition coefficient (Wildman–Crippen LogP) is 5.23. The lowest BCUT2D eigenvalue weighted by atomic mass is 10.00. The zero-order valence-corrected chi connectivity index (χ0v) is 32.3. The molecule has 1 aliphatic rings. The van der Waals surface area contributed by atoms with E-state index in [-0.39, 0.29) is 56.7 Å². The molecule has 0 saturated heterocycles. The number of aromatic nitrogens is 4. The Kier molecular flexibility index (Phi) is 12.2. The number of hydrogen-bond acceptors (Lipinski definition) is 11. The fourth-order valence-corrected chi connectivity index (χ4v) is 7.68. The quantitative estimate of drug-likeness (QED) is 0.127. The molecule has 0 radical (unpaired) electrons. The van der Waals surface area contributed by atoms with Crippen molar-refractivity contribution >= 4 is 33.2 Å². The van der Waals surface area contributed by atoms with E-state index in [4.69, 9.17) is 35.3 Å². The van der Waals surface area contributed by atoms with Gasteiger partial charge in [0, 0.05) is 34.8 Å². The predicted molar refractivity (Wildman–Crippen MR) is 203 cm³/mol. The van der Waals surface area contributed by atoms with Gasteiger partial charge in [0.1, 0.15) is 23.4 Å². The van der Waals surface area contributed by atoms with Crippen LogP contribution >= 0.6 is 11.6 Å². The average molecular weight is 776 g/mol. The van der Waals surface area contributed by atoms with Crippen LogP contribution in [0.5, 0.6) is 5.75 Å². The Balaban J connectivity index is 0.972. The Morgan fingerprint density at radius 2 is 1.63 bits per heavy atom. The van der Waals surface area contributed by atoms with Crippen molar-refractivity contribution in [2.45, 2.75) is 45.1 Å². The van der Waals surface area contributed by atoms with E-state index in [1.165, 1.54) is 0 Å². The van der Waals surface area contributed by atoms with Crippen LogP contribution in [0.15, 0.2) is 75.1 Å². The van der Waals surface area contributed by atoms with Gasteiger partial charge in [-0.2, -0.15) is 0 Å². The van der Waals surface area contributed by atoms with Gasteiger partial charge in [0.2, 0.25) is 15.9 Å². The molecule has 0 aliphatic carbocycles. The van der Waals surface area contributed by atoms with Crippen LogP contribution < -0.4 is 14.8 Å². The number of carbonyl (C=O) groups is 1. The van der Waals surface area contributed by atoms with Crippen molar-refractivity contribution in [3.63, 3.8) is 0 Å². The summed E-state index contributed by atoms with van der Waals surface area (Å²) in [6.07, 6.45) is 0.0308. The number of benzene rings is 3. The van der Waals surface area contributed by atoms with Crippen LogP contribution in [-0.2, 0) is 24.3 Å². The van der Waals surface area contributed by atoms with Gasteiger partial charge in [0.05, 0.1) is 61.9 Å². The summed E-state index contributed by atoms with van der Waals surface area (Å²) >= 11 is 6.20. The molecule has 0 saturated carbocycles. The number of aryl methyl sites for hydroxylation is 4. The maximum absolute atomic E-state index is 13.2. The van der Waals surface area contributed by atoms with E-state index in [1.807, 2.05) is 54.8 Å². The minimum absolute atomic E-state index is 0.0308. The van der Waals surface area contributed by atoms with E-state index in [0.717, 1.165) is 27.9 Å². The first-order chi connectivity index (χ1) is 26.0. The number of sulfonamides is 1. The number of carbonyl (C=O) groups excluding carboxylic acids is 1. The standard InChI is InChI=1S/C38H42ClN7O7S/c1-23-6-7-28(36-24(2)45-53-25(36)3)20-34(23)54(48,49)41-15-17-52-19-18-51-16-14-40-35(47)22-32-38-44-43-26(4)46(38)33-13-12-30(50-5)21-31(33)37(42-32)27-8-10-29(39)11-9-27/h6-13,20-21,32,41H,14-19,22H2,1-5H3,(H,40,47). The van der Waals surface area contributed by atoms with Gasteiger partial charge in [-0.25, -0.2) is 13.1 Å². The molecule has 54 heavy (non-hydrogen) atoms.